The van der Waals surface area contributed by atoms with Gasteiger partial charge in [0.25, 0.3) is 0 Å². The van der Waals surface area contributed by atoms with Crippen LogP contribution in [0.5, 0.6) is 0 Å². The van der Waals surface area contributed by atoms with Crippen molar-refractivity contribution in [3.63, 3.8) is 0 Å². The molecule has 2 N–H and O–H groups in total. The van der Waals surface area contributed by atoms with Crippen molar-refractivity contribution in [2.45, 2.75) is 6.42 Å². The molecule has 0 aliphatic carbocycles. The molecule has 0 aliphatic heterocycles. The zero-order chi connectivity index (χ0) is 10.7. The van der Waals surface area contributed by atoms with Crippen LogP contribution in [0.25, 0.3) is 11.3 Å². The number of aromatic amines is 1. The van der Waals surface area contributed by atoms with Crippen molar-refractivity contribution in [3.05, 3.63) is 42.4 Å². The van der Waals surface area contributed by atoms with E-state index < -0.39 is 5.97 Å². The summed E-state index contributed by atoms with van der Waals surface area (Å²) in [5.41, 5.74) is 2.73. The minimum Gasteiger partial charge on any atom is -0.481 e. The third-order valence-electron chi connectivity index (χ3n) is 2.12. The van der Waals surface area contributed by atoms with Crippen LogP contribution in [0, 0.1) is 0 Å². The van der Waals surface area contributed by atoms with Crippen LogP contribution in [0.1, 0.15) is 5.56 Å². The molecular weight excluding hydrogens is 192 g/mol. The number of nitrogens with one attached hydrogen (secondary N) is 1. The van der Waals surface area contributed by atoms with Crippen molar-refractivity contribution in [3.8, 4) is 11.3 Å². The molecule has 2 aromatic rings. The molecule has 0 aliphatic rings. The Kier molecular flexibility index (Phi) is 2.49. The lowest BCUT2D eigenvalue weighted by Gasteiger charge is -1.99. The highest BCUT2D eigenvalue weighted by Gasteiger charge is 2.01. The number of imidazole rings is 1. The van der Waals surface area contributed by atoms with Crippen LogP contribution in [0.15, 0.2) is 36.8 Å². The maximum Gasteiger partial charge on any atom is 0.307 e. The van der Waals surface area contributed by atoms with Crippen molar-refractivity contribution in [1.82, 2.24) is 9.97 Å². The summed E-state index contributed by atoms with van der Waals surface area (Å²) in [6, 6.07) is 7.38. The summed E-state index contributed by atoms with van der Waals surface area (Å²) in [7, 11) is 0. The topological polar surface area (TPSA) is 66.0 Å². The highest BCUT2D eigenvalue weighted by molar-refractivity contribution is 5.70. The molecule has 2 rings (SSSR count). The van der Waals surface area contributed by atoms with Gasteiger partial charge < -0.3 is 10.1 Å². The summed E-state index contributed by atoms with van der Waals surface area (Å²) in [5, 5.41) is 8.60. The fourth-order valence-electron chi connectivity index (χ4n) is 1.39. The summed E-state index contributed by atoms with van der Waals surface area (Å²) in [5.74, 6) is -0.815. The number of rotatable bonds is 3. The first kappa shape index (κ1) is 9.45. The van der Waals surface area contributed by atoms with E-state index in [0.717, 1.165) is 16.8 Å². The van der Waals surface area contributed by atoms with Gasteiger partial charge in [-0.25, -0.2) is 4.98 Å². The lowest BCUT2D eigenvalue weighted by molar-refractivity contribution is -0.136. The lowest BCUT2D eigenvalue weighted by atomic mass is 10.1. The number of benzene rings is 1. The molecule has 0 radical (unpaired) electrons. The number of nitrogens with zero attached hydrogens (tertiary/aromatic N) is 1. The first-order valence-corrected chi connectivity index (χ1v) is 4.55. The van der Waals surface area contributed by atoms with Gasteiger partial charge in [-0.3, -0.25) is 4.79 Å². The van der Waals surface area contributed by atoms with Crippen LogP contribution in [-0.4, -0.2) is 21.0 Å². The smallest absolute Gasteiger partial charge is 0.307 e. The normalized spacial score (nSPS) is 10.1. The highest BCUT2D eigenvalue weighted by Crippen LogP contribution is 2.16. The Morgan fingerprint density at radius 3 is 2.60 bits per heavy atom. The number of carbonyl (C=O) groups is 1. The Morgan fingerprint density at radius 2 is 2.07 bits per heavy atom. The van der Waals surface area contributed by atoms with Gasteiger partial charge in [0.2, 0.25) is 0 Å². The summed E-state index contributed by atoms with van der Waals surface area (Å²) >= 11 is 0. The molecule has 0 amide bonds. The summed E-state index contributed by atoms with van der Waals surface area (Å²) in [6.07, 6.45) is 3.40. The number of hydrogen-bond donors (Lipinski definition) is 2. The minimum absolute atomic E-state index is 0.0588. The third-order valence-corrected chi connectivity index (χ3v) is 2.12. The standard InChI is InChI=1S/C11H10N2O2/c14-11(15)5-8-1-3-9(4-2-8)10-6-12-7-13-10/h1-4,6-7H,5H2,(H,12,13)(H,14,15). The van der Waals surface area contributed by atoms with E-state index in [4.69, 9.17) is 5.11 Å². The van der Waals surface area contributed by atoms with E-state index in [9.17, 15) is 4.79 Å². The predicted octanol–water partition coefficient (Wildman–Crippen LogP) is 1.70. The minimum atomic E-state index is -0.815. The van der Waals surface area contributed by atoms with Gasteiger partial charge in [0.1, 0.15) is 0 Å². The van der Waals surface area contributed by atoms with Crippen LogP contribution in [0.2, 0.25) is 0 Å². The molecule has 0 atom stereocenters. The number of carboxylic acids is 1. The average Bonchev–Trinajstić information content (AvgIpc) is 2.71. The van der Waals surface area contributed by atoms with Crippen LogP contribution < -0.4 is 0 Å². The van der Waals surface area contributed by atoms with E-state index in [-0.39, 0.29) is 6.42 Å². The van der Waals surface area contributed by atoms with Gasteiger partial charge in [0.15, 0.2) is 0 Å². The largest absolute Gasteiger partial charge is 0.481 e. The van der Waals surface area contributed by atoms with Gasteiger partial charge >= 0.3 is 5.97 Å². The van der Waals surface area contributed by atoms with Crippen molar-refractivity contribution in [2.75, 3.05) is 0 Å². The molecule has 4 nitrogen and oxygen atoms in total. The van der Waals surface area contributed by atoms with E-state index in [1.807, 2.05) is 24.3 Å². The molecule has 1 heterocycles. The van der Waals surface area contributed by atoms with Crippen molar-refractivity contribution >= 4 is 5.97 Å². The fourth-order valence-corrected chi connectivity index (χ4v) is 1.39. The average molecular weight is 202 g/mol. The zero-order valence-corrected chi connectivity index (χ0v) is 7.97. The quantitative estimate of drug-likeness (QED) is 0.796. The SMILES string of the molecule is O=C(O)Cc1ccc(-c2cnc[nH]2)cc1. The van der Waals surface area contributed by atoms with Gasteiger partial charge in [-0.1, -0.05) is 24.3 Å². The number of H-pyrrole nitrogens is 1. The first-order valence-electron chi connectivity index (χ1n) is 4.55. The maximum absolute atomic E-state index is 10.5. The van der Waals surface area contributed by atoms with Gasteiger partial charge in [0.05, 0.1) is 24.6 Å². The van der Waals surface area contributed by atoms with Crippen LogP contribution in [0.3, 0.4) is 0 Å². The molecule has 0 unspecified atom stereocenters. The Balaban J connectivity index is 2.21. The van der Waals surface area contributed by atoms with Gasteiger partial charge in [-0.15, -0.1) is 0 Å². The van der Waals surface area contributed by atoms with Gasteiger partial charge in [-0.05, 0) is 11.1 Å². The number of hydrogen-bond acceptors (Lipinski definition) is 2. The second kappa shape index (κ2) is 3.96. The molecule has 1 aromatic carbocycles. The number of aliphatic carboxylic acids is 1. The second-order valence-corrected chi connectivity index (χ2v) is 3.23. The van der Waals surface area contributed by atoms with E-state index in [1.165, 1.54) is 0 Å². The summed E-state index contributed by atoms with van der Waals surface area (Å²) < 4.78 is 0. The Labute approximate surface area is 86.6 Å². The zero-order valence-electron chi connectivity index (χ0n) is 7.97. The molecule has 0 bridgehead atoms. The van der Waals surface area contributed by atoms with Crippen molar-refractivity contribution in [2.24, 2.45) is 0 Å². The molecule has 76 valence electrons. The second-order valence-electron chi connectivity index (χ2n) is 3.23. The Morgan fingerprint density at radius 1 is 1.33 bits per heavy atom. The molecule has 1 aromatic heterocycles. The Bertz CT molecular complexity index is 446. The Hall–Kier alpha value is -2.10. The lowest BCUT2D eigenvalue weighted by Crippen LogP contribution is -1.99. The predicted molar refractivity (Wildman–Crippen MR) is 55.4 cm³/mol. The molecule has 0 saturated carbocycles. The van der Waals surface area contributed by atoms with E-state index >= 15 is 0 Å². The van der Waals surface area contributed by atoms with Crippen molar-refractivity contribution in [1.29, 1.82) is 0 Å². The molecular formula is C11H10N2O2. The van der Waals surface area contributed by atoms with Gasteiger partial charge in [0, 0.05) is 0 Å². The monoisotopic (exact) mass is 202 g/mol. The summed E-state index contributed by atoms with van der Waals surface area (Å²) in [6.45, 7) is 0. The fraction of sp³-hybridized carbons (Fsp3) is 0.0909. The van der Waals surface area contributed by atoms with Crippen LogP contribution >= 0.6 is 0 Å². The molecule has 0 fully saturated rings. The van der Waals surface area contributed by atoms with E-state index in [1.54, 1.807) is 12.5 Å². The first-order chi connectivity index (χ1) is 7.25. The molecule has 0 spiro atoms. The molecule has 0 saturated heterocycles. The highest BCUT2D eigenvalue weighted by atomic mass is 16.4. The molecule has 4 heteroatoms. The van der Waals surface area contributed by atoms with Crippen LogP contribution in [-0.2, 0) is 11.2 Å². The number of carboxylic acid groups (broad SMARTS) is 1. The van der Waals surface area contributed by atoms with E-state index in [2.05, 4.69) is 9.97 Å². The summed E-state index contributed by atoms with van der Waals surface area (Å²) in [4.78, 5) is 17.4. The number of aromatic nitrogens is 2. The van der Waals surface area contributed by atoms with Gasteiger partial charge in [-0.2, -0.15) is 0 Å². The van der Waals surface area contributed by atoms with E-state index in [0.29, 0.717) is 0 Å². The molecule has 15 heavy (non-hydrogen) atoms. The maximum atomic E-state index is 10.5. The third kappa shape index (κ3) is 2.22. The van der Waals surface area contributed by atoms with Crippen LogP contribution in [0.4, 0.5) is 0 Å². The van der Waals surface area contributed by atoms with Crippen molar-refractivity contribution < 1.29 is 9.90 Å².